The fourth-order valence-electron chi connectivity index (χ4n) is 1.44. The van der Waals surface area contributed by atoms with Crippen LogP contribution in [0, 0.1) is 0 Å². The zero-order valence-electron chi connectivity index (χ0n) is 9.07. The van der Waals surface area contributed by atoms with Crippen LogP contribution in [0.4, 0.5) is 5.69 Å². The standard InChI is InChI=1S/C12H15N3/c1-3-9(2)15-10-4-5-11-12(8-10)14-7-6-13-11/h4-9,15H,3H2,1-2H3. The average molecular weight is 201 g/mol. The summed E-state index contributed by atoms with van der Waals surface area (Å²) in [5.74, 6) is 0. The highest BCUT2D eigenvalue weighted by Crippen LogP contribution is 2.16. The Balaban J connectivity index is 2.30. The van der Waals surface area contributed by atoms with Gasteiger partial charge in [-0.2, -0.15) is 0 Å². The molecule has 0 aliphatic carbocycles. The number of aromatic nitrogens is 2. The molecule has 1 heterocycles. The first-order valence-electron chi connectivity index (χ1n) is 5.27. The highest BCUT2D eigenvalue weighted by Gasteiger charge is 2.00. The van der Waals surface area contributed by atoms with E-state index in [0.29, 0.717) is 6.04 Å². The molecule has 0 amide bonds. The van der Waals surface area contributed by atoms with Crippen molar-refractivity contribution in [2.45, 2.75) is 26.3 Å². The third-order valence-electron chi connectivity index (χ3n) is 2.49. The maximum absolute atomic E-state index is 4.27. The van der Waals surface area contributed by atoms with Crippen LogP contribution in [0.2, 0.25) is 0 Å². The van der Waals surface area contributed by atoms with E-state index < -0.39 is 0 Å². The van der Waals surface area contributed by atoms with Gasteiger partial charge in [0.1, 0.15) is 0 Å². The molecule has 2 rings (SSSR count). The molecule has 3 nitrogen and oxygen atoms in total. The summed E-state index contributed by atoms with van der Waals surface area (Å²) in [7, 11) is 0. The normalized spacial score (nSPS) is 12.7. The van der Waals surface area contributed by atoms with E-state index in [-0.39, 0.29) is 0 Å². The maximum atomic E-state index is 4.27. The van der Waals surface area contributed by atoms with Gasteiger partial charge in [-0.05, 0) is 31.5 Å². The van der Waals surface area contributed by atoms with E-state index in [9.17, 15) is 0 Å². The van der Waals surface area contributed by atoms with E-state index in [1.54, 1.807) is 12.4 Å². The Morgan fingerprint density at radius 2 is 1.93 bits per heavy atom. The van der Waals surface area contributed by atoms with E-state index in [1.165, 1.54) is 0 Å². The van der Waals surface area contributed by atoms with Crippen LogP contribution in [0.5, 0.6) is 0 Å². The van der Waals surface area contributed by atoms with Crippen LogP contribution in [0.15, 0.2) is 30.6 Å². The molecule has 1 N–H and O–H groups in total. The molecule has 1 unspecified atom stereocenters. The van der Waals surface area contributed by atoms with Crippen LogP contribution in [0.3, 0.4) is 0 Å². The second kappa shape index (κ2) is 4.26. The van der Waals surface area contributed by atoms with E-state index in [4.69, 9.17) is 0 Å². The molecule has 0 aliphatic rings. The highest BCUT2D eigenvalue weighted by atomic mass is 14.9. The summed E-state index contributed by atoms with van der Waals surface area (Å²) in [5, 5.41) is 3.42. The molecule has 3 heteroatoms. The van der Waals surface area contributed by atoms with E-state index in [1.807, 2.05) is 18.2 Å². The molecule has 0 saturated carbocycles. The highest BCUT2D eigenvalue weighted by molar-refractivity contribution is 5.78. The molecule has 0 fully saturated rings. The van der Waals surface area contributed by atoms with Gasteiger partial charge in [-0.3, -0.25) is 9.97 Å². The first-order valence-corrected chi connectivity index (χ1v) is 5.27. The van der Waals surface area contributed by atoms with Crippen molar-refractivity contribution < 1.29 is 0 Å². The molecule has 0 radical (unpaired) electrons. The molecule has 1 aromatic carbocycles. The quantitative estimate of drug-likeness (QED) is 0.829. The van der Waals surface area contributed by atoms with Gasteiger partial charge in [0.15, 0.2) is 0 Å². The molecular formula is C12H15N3. The Hall–Kier alpha value is -1.64. The molecular weight excluding hydrogens is 186 g/mol. The molecule has 0 aliphatic heterocycles. The molecule has 78 valence electrons. The smallest absolute Gasteiger partial charge is 0.0907 e. The number of hydrogen-bond donors (Lipinski definition) is 1. The lowest BCUT2D eigenvalue weighted by atomic mass is 10.2. The minimum atomic E-state index is 0.485. The van der Waals surface area contributed by atoms with Gasteiger partial charge in [-0.1, -0.05) is 6.92 Å². The van der Waals surface area contributed by atoms with Crippen LogP contribution in [0.1, 0.15) is 20.3 Å². The van der Waals surface area contributed by atoms with Crippen molar-refractivity contribution in [3.63, 3.8) is 0 Å². The lowest BCUT2D eigenvalue weighted by Gasteiger charge is -2.12. The third kappa shape index (κ3) is 2.24. The van der Waals surface area contributed by atoms with Crippen LogP contribution in [-0.4, -0.2) is 16.0 Å². The number of rotatable bonds is 3. The predicted molar refractivity (Wildman–Crippen MR) is 62.9 cm³/mol. The minimum Gasteiger partial charge on any atom is -0.383 e. The second-order valence-electron chi connectivity index (χ2n) is 3.71. The van der Waals surface area contributed by atoms with Gasteiger partial charge in [0.25, 0.3) is 0 Å². The average Bonchev–Trinajstić information content (AvgIpc) is 2.29. The molecule has 0 bridgehead atoms. The van der Waals surface area contributed by atoms with Gasteiger partial charge in [0.05, 0.1) is 11.0 Å². The topological polar surface area (TPSA) is 37.8 Å². The predicted octanol–water partition coefficient (Wildman–Crippen LogP) is 2.84. The Labute approximate surface area is 89.6 Å². The van der Waals surface area contributed by atoms with Crippen molar-refractivity contribution >= 4 is 16.7 Å². The lowest BCUT2D eigenvalue weighted by Crippen LogP contribution is -2.13. The lowest BCUT2D eigenvalue weighted by molar-refractivity contribution is 0.764. The summed E-state index contributed by atoms with van der Waals surface area (Å²) in [6, 6.07) is 6.56. The van der Waals surface area contributed by atoms with Crippen molar-refractivity contribution in [3.8, 4) is 0 Å². The van der Waals surface area contributed by atoms with Crippen molar-refractivity contribution in [3.05, 3.63) is 30.6 Å². The fourth-order valence-corrected chi connectivity index (χ4v) is 1.44. The zero-order chi connectivity index (χ0) is 10.7. The molecule has 1 atom stereocenters. The number of nitrogens with one attached hydrogen (secondary N) is 1. The third-order valence-corrected chi connectivity index (χ3v) is 2.49. The minimum absolute atomic E-state index is 0.485. The fraction of sp³-hybridized carbons (Fsp3) is 0.333. The number of nitrogens with zero attached hydrogens (tertiary/aromatic N) is 2. The largest absolute Gasteiger partial charge is 0.383 e. The molecule has 0 spiro atoms. The van der Waals surface area contributed by atoms with Gasteiger partial charge < -0.3 is 5.32 Å². The summed E-state index contributed by atoms with van der Waals surface area (Å²) in [5.41, 5.74) is 2.98. The maximum Gasteiger partial charge on any atom is 0.0907 e. The van der Waals surface area contributed by atoms with Gasteiger partial charge in [-0.15, -0.1) is 0 Å². The Bertz CT molecular complexity index is 453. The van der Waals surface area contributed by atoms with Crippen LogP contribution >= 0.6 is 0 Å². The molecule has 2 aromatic rings. The van der Waals surface area contributed by atoms with Crippen molar-refractivity contribution in [1.82, 2.24) is 9.97 Å². The molecule has 0 saturated heterocycles. The summed E-state index contributed by atoms with van der Waals surface area (Å²) >= 11 is 0. The Morgan fingerprint density at radius 3 is 2.67 bits per heavy atom. The van der Waals surface area contributed by atoms with Gasteiger partial charge in [0.2, 0.25) is 0 Å². The second-order valence-corrected chi connectivity index (χ2v) is 3.71. The Kier molecular flexibility index (Phi) is 2.81. The van der Waals surface area contributed by atoms with Crippen molar-refractivity contribution in [1.29, 1.82) is 0 Å². The van der Waals surface area contributed by atoms with Crippen molar-refractivity contribution in [2.75, 3.05) is 5.32 Å². The van der Waals surface area contributed by atoms with Crippen LogP contribution < -0.4 is 5.32 Å². The number of hydrogen-bond acceptors (Lipinski definition) is 3. The van der Waals surface area contributed by atoms with Gasteiger partial charge in [0, 0.05) is 24.1 Å². The van der Waals surface area contributed by atoms with E-state index in [2.05, 4.69) is 29.1 Å². The van der Waals surface area contributed by atoms with E-state index >= 15 is 0 Å². The Morgan fingerprint density at radius 1 is 1.20 bits per heavy atom. The molecule has 1 aromatic heterocycles. The number of anilines is 1. The summed E-state index contributed by atoms with van der Waals surface area (Å²) in [6.45, 7) is 4.33. The monoisotopic (exact) mass is 201 g/mol. The molecule has 15 heavy (non-hydrogen) atoms. The van der Waals surface area contributed by atoms with Gasteiger partial charge >= 0.3 is 0 Å². The number of benzene rings is 1. The van der Waals surface area contributed by atoms with Crippen molar-refractivity contribution in [2.24, 2.45) is 0 Å². The van der Waals surface area contributed by atoms with E-state index in [0.717, 1.165) is 23.1 Å². The summed E-state index contributed by atoms with van der Waals surface area (Å²) in [6.07, 6.45) is 4.54. The SMILES string of the molecule is CCC(C)Nc1ccc2nccnc2c1. The summed E-state index contributed by atoms with van der Waals surface area (Å²) < 4.78 is 0. The van der Waals surface area contributed by atoms with Crippen LogP contribution in [-0.2, 0) is 0 Å². The van der Waals surface area contributed by atoms with Crippen LogP contribution in [0.25, 0.3) is 11.0 Å². The first-order chi connectivity index (χ1) is 7.29. The number of fused-ring (bicyclic) bond motifs is 1. The zero-order valence-corrected chi connectivity index (χ0v) is 9.07. The van der Waals surface area contributed by atoms with Gasteiger partial charge in [-0.25, -0.2) is 0 Å². The first kappa shape index (κ1) is 9.90. The summed E-state index contributed by atoms with van der Waals surface area (Å²) in [4.78, 5) is 8.50.